The molecule has 0 unspecified atom stereocenters. The Labute approximate surface area is 135 Å². The van der Waals surface area contributed by atoms with Gasteiger partial charge in [0, 0.05) is 18.7 Å². The number of halogens is 1. The van der Waals surface area contributed by atoms with Gasteiger partial charge in [-0.1, -0.05) is 17.7 Å². The highest BCUT2D eigenvalue weighted by Gasteiger charge is 2.30. The van der Waals surface area contributed by atoms with E-state index in [4.69, 9.17) is 0 Å². The number of amides is 2. The number of hydrogen-bond acceptors (Lipinski definition) is 2. The van der Waals surface area contributed by atoms with Crippen LogP contribution in [0.1, 0.15) is 50.0 Å². The van der Waals surface area contributed by atoms with E-state index in [0.717, 1.165) is 19.3 Å². The summed E-state index contributed by atoms with van der Waals surface area (Å²) in [5.74, 6) is -1.38. The molecule has 0 spiro atoms. The molecule has 23 heavy (non-hydrogen) atoms. The highest BCUT2D eigenvalue weighted by molar-refractivity contribution is 6.01. The summed E-state index contributed by atoms with van der Waals surface area (Å²) in [5.41, 5.74) is 2.48. The largest absolute Gasteiger partial charge is 0.355 e. The highest BCUT2D eigenvalue weighted by Crippen LogP contribution is 2.32. The summed E-state index contributed by atoms with van der Waals surface area (Å²) in [7, 11) is 0. The van der Waals surface area contributed by atoms with Gasteiger partial charge in [0.25, 0.3) is 0 Å². The molecule has 0 fully saturated rings. The standard InChI is InChI=1S/C18H21FN2O2/c19-13-6-7-14-15(11-17(22)21-16(14)10-13)18(23)20-9-8-12-4-2-1-3-5-12/h4,6-7,10,15H,1-3,5,8-9,11H2,(H,20,23)(H,21,22)/t15-/m1/s1. The van der Waals surface area contributed by atoms with Gasteiger partial charge in [-0.3, -0.25) is 9.59 Å². The van der Waals surface area contributed by atoms with Gasteiger partial charge in [0.1, 0.15) is 5.82 Å². The molecule has 0 saturated heterocycles. The minimum absolute atomic E-state index is 0.104. The molecule has 3 rings (SSSR count). The third kappa shape index (κ3) is 3.78. The predicted octanol–water partition coefficient (Wildman–Crippen LogP) is 3.26. The molecule has 5 heteroatoms. The van der Waals surface area contributed by atoms with Gasteiger partial charge in [-0.15, -0.1) is 0 Å². The van der Waals surface area contributed by atoms with Crippen molar-refractivity contribution in [1.29, 1.82) is 0 Å². The van der Waals surface area contributed by atoms with E-state index in [-0.39, 0.29) is 18.2 Å². The predicted molar refractivity (Wildman–Crippen MR) is 86.6 cm³/mol. The van der Waals surface area contributed by atoms with Crippen molar-refractivity contribution >= 4 is 17.5 Å². The Bertz CT molecular complexity index is 654. The maximum absolute atomic E-state index is 13.3. The Morgan fingerprint density at radius 2 is 2.22 bits per heavy atom. The molecule has 2 N–H and O–H groups in total. The number of carbonyl (C=O) groups is 2. The summed E-state index contributed by atoms with van der Waals surface area (Å²) in [6.07, 6.45) is 7.95. The second-order valence-electron chi connectivity index (χ2n) is 6.19. The SMILES string of the molecule is O=C1C[C@@H](C(=O)NCCC2=CCCCC2)c2ccc(F)cc2N1. The number of benzene rings is 1. The Morgan fingerprint density at radius 3 is 3.00 bits per heavy atom. The Morgan fingerprint density at radius 1 is 1.35 bits per heavy atom. The third-order valence-electron chi connectivity index (χ3n) is 4.50. The Hall–Kier alpha value is -2.17. The maximum Gasteiger partial charge on any atom is 0.228 e. The topological polar surface area (TPSA) is 58.2 Å². The third-order valence-corrected chi connectivity index (χ3v) is 4.50. The number of allylic oxidation sites excluding steroid dienone is 1. The Kier molecular flexibility index (Phi) is 4.74. The molecule has 1 aliphatic carbocycles. The first-order chi connectivity index (χ1) is 11.1. The van der Waals surface area contributed by atoms with E-state index in [1.54, 1.807) is 6.07 Å². The molecule has 4 nitrogen and oxygen atoms in total. The van der Waals surface area contributed by atoms with Crippen LogP contribution in [0.4, 0.5) is 10.1 Å². The quantitative estimate of drug-likeness (QED) is 0.838. The first-order valence-electron chi connectivity index (χ1n) is 8.18. The van der Waals surface area contributed by atoms with Crippen molar-refractivity contribution in [2.24, 2.45) is 0 Å². The zero-order valence-corrected chi connectivity index (χ0v) is 13.0. The van der Waals surface area contributed by atoms with Gasteiger partial charge in [-0.25, -0.2) is 4.39 Å². The van der Waals surface area contributed by atoms with Crippen molar-refractivity contribution in [3.05, 3.63) is 41.2 Å². The normalized spacial score (nSPS) is 20.3. The molecule has 122 valence electrons. The van der Waals surface area contributed by atoms with Crippen LogP contribution in [-0.2, 0) is 9.59 Å². The fourth-order valence-electron chi connectivity index (χ4n) is 3.27. The lowest BCUT2D eigenvalue weighted by molar-refractivity contribution is -0.126. The van der Waals surface area contributed by atoms with E-state index < -0.39 is 11.7 Å². The smallest absolute Gasteiger partial charge is 0.228 e. The minimum Gasteiger partial charge on any atom is -0.355 e. The van der Waals surface area contributed by atoms with Crippen LogP contribution in [0.3, 0.4) is 0 Å². The van der Waals surface area contributed by atoms with E-state index in [9.17, 15) is 14.0 Å². The van der Waals surface area contributed by atoms with Crippen LogP contribution in [0.2, 0.25) is 0 Å². The summed E-state index contributed by atoms with van der Waals surface area (Å²) >= 11 is 0. The van der Waals surface area contributed by atoms with Crippen molar-refractivity contribution in [2.45, 2.75) is 44.4 Å². The van der Waals surface area contributed by atoms with E-state index in [1.807, 2.05) is 0 Å². The molecule has 0 saturated carbocycles. The fraction of sp³-hybridized carbons (Fsp3) is 0.444. The summed E-state index contributed by atoms with van der Waals surface area (Å²) in [4.78, 5) is 24.2. The number of carbonyl (C=O) groups excluding carboxylic acids is 2. The van der Waals surface area contributed by atoms with Crippen LogP contribution in [0.25, 0.3) is 0 Å². The molecule has 1 atom stereocenters. The van der Waals surface area contributed by atoms with Crippen molar-refractivity contribution in [2.75, 3.05) is 11.9 Å². The number of nitrogens with one attached hydrogen (secondary N) is 2. The summed E-state index contributed by atoms with van der Waals surface area (Å²) in [6.45, 7) is 0.583. The first kappa shape index (κ1) is 15.7. The van der Waals surface area contributed by atoms with Crippen LogP contribution < -0.4 is 10.6 Å². The lowest BCUT2D eigenvalue weighted by atomic mass is 9.89. The van der Waals surface area contributed by atoms with Gasteiger partial charge in [0.15, 0.2) is 0 Å². The fourth-order valence-corrected chi connectivity index (χ4v) is 3.27. The van der Waals surface area contributed by atoms with Crippen molar-refractivity contribution in [3.8, 4) is 0 Å². The lowest BCUT2D eigenvalue weighted by Crippen LogP contribution is -2.35. The molecule has 1 heterocycles. The Balaban J connectivity index is 1.63. The zero-order chi connectivity index (χ0) is 16.2. The number of anilines is 1. The van der Waals surface area contributed by atoms with Crippen LogP contribution in [0, 0.1) is 5.82 Å². The molecule has 1 aromatic rings. The zero-order valence-electron chi connectivity index (χ0n) is 13.0. The molecule has 1 aromatic carbocycles. The van der Waals surface area contributed by atoms with Crippen LogP contribution in [0.5, 0.6) is 0 Å². The van der Waals surface area contributed by atoms with Crippen molar-refractivity contribution < 1.29 is 14.0 Å². The maximum atomic E-state index is 13.3. The number of rotatable bonds is 4. The van der Waals surface area contributed by atoms with Gasteiger partial charge in [-0.05, 0) is 49.8 Å². The average molecular weight is 316 g/mol. The lowest BCUT2D eigenvalue weighted by Gasteiger charge is -2.25. The summed E-state index contributed by atoms with van der Waals surface area (Å²) in [5, 5.41) is 5.55. The van der Waals surface area contributed by atoms with E-state index in [0.29, 0.717) is 17.8 Å². The average Bonchev–Trinajstić information content (AvgIpc) is 2.54. The van der Waals surface area contributed by atoms with E-state index >= 15 is 0 Å². The molecule has 2 aliphatic rings. The molecule has 2 amide bonds. The van der Waals surface area contributed by atoms with Crippen molar-refractivity contribution in [1.82, 2.24) is 5.32 Å². The number of fused-ring (bicyclic) bond motifs is 1. The van der Waals surface area contributed by atoms with Gasteiger partial charge in [-0.2, -0.15) is 0 Å². The second-order valence-corrected chi connectivity index (χ2v) is 6.19. The monoisotopic (exact) mass is 316 g/mol. The van der Waals surface area contributed by atoms with Crippen molar-refractivity contribution in [3.63, 3.8) is 0 Å². The molecule has 0 aromatic heterocycles. The number of hydrogen-bond donors (Lipinski definition) is 2. The van der Waals surface area contributed by atoms with Gasteiger partial charge < -0.3 is 10.6 Å². The van der Waals surface area contributed by atoms with E-state index in [1.165, 1.54) is 30.5 Å². The van der Waals surface area contributed by atoms with Crippen LogP contribution >= 0.6 is 0 Å². The molecule has 1 aliphatic heterocycles. The van der Waals surface area contributed by atoms with Gasteiger partial charge in [0.2, 0.25) is 11.8 Å². The van der Waals surface area contributed by atoms with E-state index in [2.05, 4.69) is 16.7 Å². The summed E-state index contributed by atoms with van der Waals surface area (Å²) < 4.78 is 13.3. The summed E-state index contributed by atoms with van der Waals surface area (Å²) in [6, 6.07) is 4.17. The molecule has 0 radical (unpaired) electrons. The van der Waals surface area contributed by atoms with Gasteiger partial charge >= 0.3 is 0 Å². The van der Waals surface area contributed by atoms with Gasteiger partial charge in [0.05, 0.1) is 5.92 Å². The van der Waals surface area contributed by atoms with Crippen LogP contribution in [0.15, 0.2) is 29.8 Å². The molecule has 0 bridgehead atoms. The minimum atomic E-state index is -0.542. The molecular weight excluding hydrogens is 295 g/mol. The molecular formula is C18H21FN2O2. The highest BCUT2D eigenvalue weighted by atomic mass is 19.1. The van der Waals surface area contributed by atoms with Crippen LogP contribution in [-0.4, -0.2) is 18.4 Å². The second kappa shape index (κ2) is 6.94. The first-order valence-corrected chi connectivity index (χ1v) is 8.18.